The molecule has 1 saturated carbocycles. The fourth-order valence-corrected chi connectivity index (χ4v) is 3.06. The van der Waals surface area contributed by atoms with E-state index in [0.29, 0.717) is 17.9 Å². The molecule has 24 heavy (non-hydrogen) atoms. The second-order valence-corrected chi connectivity index (χ2v) is 6.48. The van der Waals surface area contributed by atoms with Gasteiger partial charge in [0.25, 0.3) is 0 Å². The van der Waals surface area contributed by atoms with Crippen LogP contribution in [-0.4, -0.2) is 29.5 Å². The van der Waals surface area contributed by atoms with E-state index in [1.807, 2.05) is 0 Å². The fourth-order valence-electron chi connectivity index (χ4n) is 3.06. The Morgan fingerprint density at radius 1 is 1.21 bits per heavy atom. The molecule has 132 valence electrons. The average Bonchev–Trinajstić information content (AvgIpc) is 3.06. The fraction of sp³-hybridized carbons (Fsp3) is 0.556. The second kappa shape index (κ2) is 8.78. The molecule has 2 amide bonds. The van der Waals surface area contributed by atoms with E-state index in [1.54, 1.807) is 6.92 Å². The average molecular weight is 336 g/mol. The van der Waals surface area contributed by atoms with Crippen LogP contribution in [0.15, 0.2) is 24.3 Å². The molecular formula is C18H25FN2O3. The zero-order valence-corrected chi connectivity index (χ0v) is 13.9. The molecule has 0 saturated heterocycles. The van der Waals surface area contributed by atoms with Crippen molar-refractivity contribution in [1.29, 1.82) is 0 Å². The summed E-state index contributed by atoms with van der Waals surface area (Å²) < 4.78 is 12.9. The highest BCUT2D eigenvalue weighted by Gasteiger charge is 2.20. The predicted molar refractivity (Wildman–Crippen MR) is 88.5 cm³/mol. The lowest BCUT2D eigenvalue weighted by Crippen LogP contribution is -2.43. The number of aliphatic hydroxyl groups is 1. The van der Waals surface area contributed by atoms with Gasteiger partial charge in [-0.15, -0.1) is 0 Å². The largest absolute Gasteiger partial charge is 0.386 e. The van der Waals surface area contributed by atoms with Crippen molar-refractivity contribution in [1.82, 2.24) is 10.6 Å². The lowest BCUT2D eigenvalue weighted by Gasteiger charge is -2.21. The van der Waals surface area contributed by atoms with E-state index >= 15 is 0 Å². The number of halogens is 1. The highest BCUT2D eigenvalue weighted by molar-refractivity contribution is 5.84. The molecule has 0 aromatic heterocycles. The molecule has 5 nitrogen and oxygen atoms in total. The van der Waals surface area contributed by atoms with Crippen molar-refractivity contribution in [3.8, 4) is 0 Å². The minimum atomic E-state index is -0.941. The molecule has 1 aromatic rings. The van der Waals surface area contributed by atoms with Crippen LogP contribution in [0.4, 0.5) is 4.39 Å². The summed E-state index contributed by atoms with van der Waals surface area (Å²) in [5, 5.41) is 15.4. The van der Waals surface area contributed by atoms with Crippen LogP contribution in [-0.2, 0) is 9.59 Å². The van der Waals surface area contributed by atoms with E-state index in [-0.39, 0.29) is 24.2 Å². The van der Waals surface area contributed by atoms with Gasteiger partial charge in [-0.05, 0) is 43.4 Å². The normalized spacial score (nSPS) is 17.3. The maximum atomic E-state index is 12.9. The molecular weight excluding hydrogens is 311 g/mol. The van der Waals surface area contributed by atoms with Gasteiger partial charge in [-0.2, -0.15) is 0 Å². The molecule has 0 spiro atoms. The van der Waals surface area contributed by atoms with Gasteiger partial charge >= 0.3 is 0 Å². The van der Waals surface area contributed by atoms with Gasteiger partial charge in [-0.25, -0.2) is 4.39 Å². The monoisotopic (exact) mass is 336 g/mol. The lowest BCUT2D eigenvalue weighted by molar-refractivity contribution is -0.127. The Balaban J connectivity index is 1.72. The van der Waals surface area contributed by atoms with Crippen LogP contribution in [0.3, 0.4) is 0 Å². The first-order valence-electron chi connectivity index (χ1n) is 8.45. The van der Waals surface area contributed by atoms with Crippen LogP contribution in [0.1, 0.15) is 50.7 Å². The highest BCUT2D eigenvalue weighted by atomic mass is 19.1. The van der Waals surface area contributed by atoms with Crippen molar-refractivity contribution in [2.24, 2.45) is 5.92 Å². The van der Waals surface area contributed by atoms with E-state index in [2.05, 4.69) is 10.6 Å². The Labute approximate surface area is 141 Å². The lowest BCUT2D eigenvalue weighted by atomic mass is 10.0. The number of carbonyl (C=O) groups is 2. The molecule has 2 unspecified atom stereocenters. The molecule has 1 aliphatic rings. The van der Waals surface area contributed by atoms with Crippen LogP contribution < -0.4 is 10.6 Å². The van der Waals surface area contributed by atoms with Gasteiger partial charge in [-0.3, -0.25) is 9.59 Å². The van der Waals surface area contributed by atoms with Crippen LogP contribution in [0.5, 0.6) is 0 Å². The minimum absolute atomic E-state index is 0.105. The first-order chi connectivity index (χ1) is 11.5. The van der Waals surface area contributed by atoms with Crippen molar-refractivity contribution < 1.29 is 19.1 Å². The number of rotatable bonds is 7. The maximum Gasteiger partial charge on any atom is 0.239 e. The Hall–Kier alpha value is -1.95. The van der Waals surface area contributed by atoms with Gasteiger partial charge in [0, 0.05) is 6.42 Å². The van der Waals surface area contributed by atoms with Crippen molar-refractivity contribution in [2.75, 3.05) is 6.54 Å². The quantitative estimate of drug-likeness (QED) is 0.713. The molecule has 0 aliphatic heterocycles. The molecule has 1 fully saturated rings. The Kier molecular flexibility index (Phi) is 6.73. The molecule has 2 rings (SSSR count). The third kappa shape index (κ3) is 5.60. The van der Waals surface area contributed by atoms with E-state index in [4.69, 9.17) is 0 Å². The van der Waals surface area contributed by atoms with Gasteiger partial charge in [0.2, 0.25) is 11.8 Å². The number of benzene rings is 1. The molecule has 1 aromatic carbocycles. The number of nitrogens with one attached hydrogen (secondary N) is 2. The number of amides is 2. The van der Waals surface area contributed by atoms with Crippen molar-refractivity contribution in [3.05, 3.63) is 35.6 Å². The van der Waals surface area contributed by atoms with Crippen molar-refractivity contribution >= 4 is 11.8 Å². The van der Waals surface area contributed by atoms with Gasteiger partial charge in [0.05, 0.1) is 18.7 Å². The smallest absolute Gasteiger partial charge is 0.239 e. The zero-order chi connectivity index (χ0) is 17.5. The van der Waals surface area contributed by atoms with Crippen LogP contribution in [0, 0.1) is 11.7 Å². The molecule has 3 N–H and O–H groups in total. The molecule has 0 heterocycles. The molecule has 0 radical (unpaired) electrons. The summed E-state index contributed by atoms with van der Waals surface area (Å²) in [7, 11) is 0. The summed E-state index contributed by atoms with van der Waals surface area (Å²) in [6, 6.07) is 4.93. The van der Waals surface area contributed by atoms with Gasteiger partial charge < -0.3 is 15.7 Å². The Bertz CT molecular complexity index is 556. The molecule has 1 aliphatic carbocycles. The Morgan fingerprint density at radius 3 is 2.46 bits per heavy atom. The summed E-state index contributed by atoms with van der Waals surface area (Å²) in [4.78, 5) is 23.7. The zero-order valence-electron chi connectivity index (χ0n) is 13.9. The van der Waals surface area contributed by atoms with Crippen LogP contribution in [0.2, 0.25) is 0 Å². The summed E-state index contributed by atoms with van der Waals surface area (Å²) in [5.41, 5.74) is 0.523. The van der Waals surface area contributed by atoms with E-state index in [0.717, 1.165) is 12.8 Å². The molecule has 6 heteroatoms. The molecule has 0 bridgehead atoms. The van der Waals surface area contributed by atoms with Gasteiger partial charge in [0.1, 0.15) is 5.82 Å². The standard InChI is InChI=1S/C18H25FN2O3/c1-12(18(24)14-6-8-15(19)9-7-14)21-17(23)11-20-16(22)10-13-4-2-3-5-13/h6-9,12-13,18,24H,2-5,10-11H2,1H3,(H,20,22)(H,21,23). The number of hydrogen-bond donors (Lipinski definition) is 3. The number of carbonyl (C=O) groups excluding carboxylic acids is 2. The van der Waals surface area contributed by atoms with Gasteiger partial charge in [0.15, 0.2) is 0 Å². The maximum absolute atomic E-state index is 12.9. The van der Waals surface area contributed by atoms with Crippen LogP contribution >= 0.6 is 0 Å². The van der Waals surface area contributed by atoms with Crippen LogP contribution in [0.25, 0.3) is 0 Å². The second-order valence-electron chi connectivity index (χ2n) is 6.48. The SMILES string of the molecule is CC(NC(=O)CNC(=O)CC1CCCC1)C(O)c1ccc(F)cc1. The summed E-state index contributed by atoms with van der Waals surface area (Å²) in [6.45, 7) is 1.55. The number of hydrogen-bond acceptors (Lipinski definition) is 3. The third-order valence-electron chi connectivity index (χ3n) is 4.47. The van der Waals surface area contributed by atoms with E-state index in [1.165, 1.54) is 37.1 Å². The first-order valence-corrected chi connectivity index (χ1v) is 8.45. The molecule has 2 atom stereocenters. The summed E-state index contributed by atoms with van der Waals surface area (Å²) in [6.07, 6.45) is 4.06. The van der Waals surface area contributed by atoms with E-state index in [9.17, 15) is 19.1 Å². The minimum Gasteiger partial charge on any atom is -0.386 e. The third-order valence-corrected chi connectivity index (χ3v) is 4.47. The van der Waals surface area contributed by atoms with E-state index < -0.39 is 12.1 Å². The van der Waals surface area contributed by atoms with Crippen molar-refractivity contribution in [3.63, 3.8) is 0 Å². The van der Waals surface area contributed by atoms with Gasteiger partial charge in [-0.1, -0.05) is 25.0 Å². The summed E-state index contributed by atoms with van der Waals surface area (Å²) in [5.74, 6) is -0.410. The summed E-state index contributed by atoms with van der Waals surface area (Å²) >= 11 is 0. The Morgan fingerprint density at radius 2 is 1.83 bits per heavy atom. The highest BCUT2D eigenvalue weighted by Crippen LogP contribution is 2.27. The van der Waals surface area contributed by atoms with Crippen molar-refractivity contribution in [2.45, 2.75) is 51.2 Å². The first kappa shape index (κ1) is 18.4. The predicted octanol–water partition coefficient (Wildman–Crippen LogP) is 2.06. The number of aliphatic hydroxyl groups excluding tert-OH is 1. The topological polar surface area (TPSA) is 78.4 Å².